The van der Waals surface area contributed by atoms with Gasteiger partial charge in [-0.2, -0.15) is 15.3 Å². The number of rotatable bonds is 6. The molecule has 0 amide bonds. The smallest absolute Gasteiger partial charge is 0.281 e. The number of alkyl halides is 2. The Balaban J connectivity index is 1.75. The van der Waals surface area contributed by atoms with Gasteiger partial charge in [-0.3, -0.25) is 14.5 Å². The normalized spacial score (nSPS) is 14.3. The molecule has 1 atom stereocenters. The van der Waals surface area contributed by atoms with Gasteiger partial charge >= 0.3 is 0 Å². The molecule has 1 unspecified atom stereocenters. The van der Waals surface area contributed by atoms with Crippen molar-refractivity contribution in [2.75, 3.05) is 11.1 Å². The first kappa shape index (κ1) is 22.6. The first-order valence-corrected chi connectivity index (χ1v) is 10.7. The lowest BCUT2D eigenvalue weighted by Gasteiger charge is -2.23. The minimum absolute atomic E-state index is 0.0570. The van der Waals surface area contributed by atoms with Crippen molar-refractivity contribution in [1.82, 2.24) is 29.7 Å². The summed E-state index contributed by atoms with van der Waals surface area (Å²) in [6.07, 6.45) is 1.20. The summed E-state index contributed by atoms with van der Waals surface area (Å²) in [6.45, 7) is 0. The number of H-pyrrole nitrogens is 1. The maximum atomic E-state index is 14.1. The van der Waals surface area contributed by atoms with E-state index in [9.17, 15) is 23.2 Å². The maximum Gasteiger partial charge on any atom is 0.281 e. The average molecular weight is 502 g/mol. The number of nitrogens with zero attached hydrogens (tertiary/aromatic N) is 6. The molecule has 4 aromatic rings. The van der Waals surface area contributed by atoms with Gasteiger partial charge in [0.1, 0.15) is 29.0 Å². The van der Waals surface area contributed by atoms with Gasteiger partial charge in [-0.25, -0.2) is 23.1 Å². The Hall–Kier alpha value is -4.18. The van der Waals surface area contributed by atoms with E-state index < -0.39 is 41.0 Å². The highest BCUT2D eigenvalue weighted by atomic mass is 35.5. The predicted molar refractivity (Wildman–Crippen MR) is 120 cm³/mol. The first-order valence-electron chi connectivity index (χ1n) is 10.3. The van der Waals surface area contributed by atoms with Crippen LogP contribution in [-0.2, 0) is 0 Å². The molecule has 178 valence electrons. The summed E-state index contributed by atoms with van der Waals surface area (Å²) >= 11 is 6.21. The van der Waals surface area contributed by atoms with Crippen molar-refractivity contribution in [3.05, 3.63) is 62.8 Å². The first-order chi connectivity index (χ1) is 16.8. The molecule has 0 spiro atoms. The fourth-order valence-corrected chi connectivity index (χ4v) is 4.14. The van der Waals surface area contributed by atoms with E-state index in [1.165, 1.54) is 17.0 Å². The fourth-order valence-electron chi connectivity index (χ4n) is 3.89. The molecule has 35 heavy (non-hydrogen) atoms. The second-order valence-electron chi connectivity index (χ2n) is 7.91. The monoisotopic (exact) mass is 501 g/mol. The van der Waals surface area contributed by atoms with Crippen LogP contribution in [0.2, 0.25) is 5.02 Å². The predicted octanol–water partition coefficient (Wildman–Crippen LogP) is 3.65. The van der Waals surface area contributed by atoms with Crippen LogP contribution in [-0.4, -0.2) is 29.7 Å². The Bertz CT molecular complexity index is 1540. The number of nitriles is 1. The van der Waals surface area contributed by atoms with E-state index in [-0.39, 0.29) is 33.5 Å². The topological polar surface area (TPSA) is 151 Å². The van der Waals surface area contributed by atoms with Gasteiger partial charge in [0.25, 0.3) is 12.0 Å². The highest BCUT2D eigenvalue weighted by molar-refractivity contribution is 6.35. The summed E-state index contributed by atoms with van der Waals surface area (Å²) in [5.41, 5.74) is 4.10. The number of fused-ring (bicyclic) bond motifs is 1. The molecule has 3 aromatic heterocycles. The molecule has 5 rings (SSSR count). The second-order valence-corrected chi connectivity index (χ2v) is 8.32. The summed E-state index contributed by atoms with van der Waals surface area (Å²) in [7, 11) is 0. The number of aromatic amines is 1. The quantitative estimate of drug-likeness (QED) is 0.362. The van der Waals surface area contributed by atoms with Crippen LogP contribution in [0.1, 0.15) is 42.4 Å². The maximum absolute atomic E-state index is 14.1. The molecular weight excluding hydrogens is 487 g/mol. The minimum Gasteiger partial charge on any atom is -0.368 e. The lowest BCUT2D eigenvalue weighted by atomic mass is 10.1. The van der Waals surface area contributed by atoms with Gasteiger partial charge in [0.2, 0.25) is 5.95 Å². The Kier molecular flexibility index (Phi) is 5.52. The number of nitrogen functional groups attached to an aromatic ring is 1. The molecule has 1 aliphatic carbocycles. The van der Waals surface area contributed by atoms with E-state index in [0.29, 0.717) is 5.69 Å². The molecule has 10 nitrogen and oxygen atoms in total. The van der Waals surface area contributed by atoms with Gasteiger partial charge in [-0.05, 0) is 30.9 Å². The van der Waals surface area contributed by atoms with Crippen LogP contribution in [0.3, 0.4) is 0 Å². The van der Waals surface area contributed by atoms with Crippen LogP contribution < -0.4 is 16.6 Å². The highest BCUT2D eigenvalue weighted by Gasteiger charge is 2.37. The largest absolute Gasteiger partial charge is 0.368 e. The van der Waals surface area contributed by atoms with Crippen LogP contribution >= 0.6 is 11.6 Å². The van der Waals surface area contributed by atoms with Crippen LogP contribution in [0, 0.1) is 23.1 Å². The Morgan fingerprint density at radius 2 is 2.06 bits per heavy atom. The molecule has 1 aromatic carbocycles. The summed E-state index contributed by atoms with van der Waals surface area (Å²) in [4.78, 5) is 25.5. The van der Waals surface area contributed by atoms with E-state index >= 15 is 0 Å². The van der Waals surface area contributed by atoms with E-state index in [1.54, 1.807) is 6.07 Å². The number of nitrogens with one attached hydrogen (secondary N) is 2. The third kappa shape index (κ3) is 4.01. The average Bonchev–Trinajstić information content (AvgIpc) is 3.51. The van der Waals surface area contributed by atoms with E-state index in [0.717, 1.165) is 25.0 Å². The Labute approximate surface area is 199 Å². The van der Waals surface area contributed by atoms with Crippen molar-refractivity contribution in [3.63, 3.8) is 0 Å². The number of benzene rings is 1. The molecule has 14 heteroatoms. The van der Waals surface area contributed by atoms with Crippen molar-refractivity contribution in [1.29, 1.82) is 5.26 Å². The Morgan fingerprint density at radius 1 is 1.29 bits per heavy atom. The molecule has 0 bridgehead atoms. The number of anilines is 2. The molecule has 1 fully saturated rings. The number of halogens is 4. The molecule has 1 saturated carbocycles. The summed E-state index contributed by atoms with van der Waals surface area (Å²) in [6, 6.07) is 3.00. The van der Waals surface area contributed by atoms with Crippen molar-refractivity contribution < 1.29 is 13.2 Å². The molecule has 0 saturated heterocycles. The summed E-state index contributed by atoms with van der Waals surface area (Å²) in [5.74, 6) is -1.31. The summed E-state index contributed by atoms with van der Waals surface area (Å²) < 4.78 is 42.3. The van der Waals surface area contributed by atoms with Gasteiger partial charge < -0.3 is 11.1 Å². The van der Waals surface area contributed by atoms with Gasteiger partial charge in [0.05, 0.1) is 33.9 Å². The molecule has 0 radical (unpaired) electrons. The van der Waals surface area contributed by atoms with Crippen LogP contribution in [0.15, 0.2) is 29.3 Å². The zero-order valence-corrected chi connectivity index (χ0v) is 18.4. The second kappa shape index (κ2) is 8.55. The van der Waals surface area contributed by atoms with Crippen molar-refractivity contribution in [3.8, 4) is 11.8 Å². The lowest BCUT2D eigenvalue weighted by molar-refractivity contribution is 0.146. The van der Waals surface area contributed by atoms with Crippen molar-refractivity contribution in [2.24, 2.45) is 5.92 Å². The molecule has 3 heterocycles. The van der Waals surface area contributed by atoms with Gasteiger partial charge in [0.15, 0.2) is 5.82 Å². The number of aromatic nitrogens is 6. The molecule has 0 aliphatic heterocycles. The standard InChI is InChI=1S/C21H15ClF3N9O/c22-13-4-9(23)3-11-15(13)31-19(34(20(11)35)10-6-28-29-7-10)14(8-1-2-8)30-18-12(5-26)16(17(24)25)32-21(27)33-18/h3-4,6-8,14,17H,1-2H2,(H,28,29)(H3,27,30,32,33). The van der Waals surface area contributed by atoms with Crippen molar-refractivity contribution >= 4 is 34.3 Å². The van der Waals surface area contributed by atoms with Gasteiger partial charge in [-0.1, -0.05) is 11.6 Å². The third-order valence-corrected chi connectivity index (χ3v) is 5.88. The minimum atomic E-state index is -3.06. The zero-order chi connectivity index (χ0) is 24.9. The highest BCUT2D eigenvalue weighted by Crippen LogP contribution is 2.43. The van der Waals surface area contributed by atoms with Gasteiger partial charge in [0, 0.05) is 6.20 Å². The summed E-state index contributed by atoms with van der Waals surface area (Å²) in [5, 5.41) is 18.9. The molecule has 4 N–H and O–H groups in total. The molecular formula is C21H15ClF3N9O. The van der Waals surface area contributed by atoms with E-state index in [1.807, 2.05) is 0 Å². The van der Waals surface area contributed by atoms with Crippen LogP contribution in [0.4, 0.5) is 24.9 Å². The molecule has 1 aliphatic rings. The van der Waals surface area contributed by atoms with Crippen LogP contribution in [0.25, 0.3) is 16.6 Å². The lowest BCUT2D eigenvalue weighted by Crippen LogP contribution is -2.29. The van der Waals surface area contributed by atoms with E-state index in [4.69, 9.17) is 17.3 Å². The number of nitrogens with two attached hydrogens (primary N) is 1. The van der Waals surface area contributed by atoms with Crippen LogP contribution in [0.5, 0.6) is 0 Å². The zero-order valence-electron chi connectivity index (χ0n) is 17.6. The SMILES string of the molecule is N#Cc1c(NC(c2nc3c(Cl)cc(F)cc3c(=O)n2-c2cn[nH]c2)C2CC2)nc(N)nc1C(F)F. The number of hydrogen-bond acceptors (Lipinski definition) is 8. The Morgan fingerprint density at radius 3 is 2.69 bits per heavy atom. The third-order valence-electron chi connectivity index (χ3n) is 5.60. The van der Waals surface area contributed by atoms with Crippen molar-refractivity contribution in [2.45, 2.75) is 25.3 Å². The van der Waals surface area contributed by atoms with E-state index in [2.05, 4.69) is 30.5 Å². The number of hydrogen-bond donors (Lipinski definition) is 3. The fraction of sp³-hybridized carbons (Fsp3) is 0.238. The van der Waals surface area contributed by atoms with Gasteiger partial charge in [-0.15, -0.1) is 0 Å².